The summed E-state index contributed by atoms with van der Waals surface area (Å²) in [7, 11) is -3.80. The van der Waals surface area contributed by atoms with Crippen LogP contribution < -0.4 is 5.32 Å². The maximum Gasteiger partial charge on any atom is 0.390 e. The van der Waals surface area contributed by atoms with E-state index >= 15 is 0 Å². The molecule has 0 aliphatic carbocycles. The Morgan fingerprint density at radius 3 is 2.31 bits per heavy atom. The largest absolute Gasteiger partial charge is 0.390 e. The number of nitro benzene ring substituents is 1. The number of non-ortho nitro benzene ring substituents is 1. The first-order valence-corrected chi connectivity index (χ1v) is 11.2. The van der Waals surface area contributed by atoms with E-state index in [4.69, 9.17) is 0 Å². The van der Waals surface area contributed by atoms with E-state index < -0.39 is 19.9 Å². The Balaban J connectivity index is 1.50. The number of carbonyl (C=O) groups is 1. The molecule has 2 heterocycles. The predicted octanol–water partition coefficient (Wildman–Crippen LogP) is 1.23. The molecule has 1 aromatic heterocycles. The molecule has 0 atom stereocenters. The number of nitrogens with zero attached hydrogens (tertiary/aromatic N) is 5. The molecule has 0 spiro atoms. The summed E-state index contributed by atoms with van der Waals surface area (Å²) in [5.74, 6) is -0.821. The van der Waals surface area contributed by atoms with Crippen LogP contribution in [0.15, 0.2) is 35.2 Å². The van der Waals surface area contributed by atoms with Crippen LogP contribution in [-0.2, 0) is 21.4 Å². The Labute approximate surface area is 183 Å². The van der Waals surface area contributed by atoms with Crippen molar-refractivity contribution >= 4 is 27.4 Å². The molecule has 3 rings (SSSR count). The van der Waals surface area contributed by atoms with Gasteiger partial charge in [-0.25, -0.2) is 8.42 Å². The molecule has 0 bridgehead atoms. The Kier molecular flexibility index (Phi) is 6.84. The first-order valence-electron chi connectivity index (χ1n) is 9.81. The van der Waals surface area contributed by atoms with Crippen LogP contribution in [0.3, 0.4) is 0 Å². The van der Waals surface area contributed by atoms with E-state index in [1.54, 1.807) is 6.92 Å². The van der Waals surface area contributed by atoms with Crippen LogP contribution in [0.4, 0.5) is 11.5 Å². The molecule has 0 unspecified atom stereocenters. The molecule has 2 aromatic rings. The number of carbonyl (C=O) groups excluding carboxylic acids is 1. The van der Waals surface area contributed by atoms with E-state index in [1.165, 1.54) is 27.2 Å². The first-order chi connectivity index (χ1) is 15.1. The number of amides is 1. The number of hydrogen-bond donors (Lipinski definition) is 1. The van der Waals surface area contributed by atoms with E-state index in [9.17, 15) is 33.4 Å². The summed E-state index contributed by atoms with van der Waals surface area (Å²) in [5.41, 5.74) is 0.412. The van der Waals surface area contributed by atoms with Gasteiger partial charge in [0.15, 0.2) is 0 Å². The van der Waals surface area contributed by atoms with Gasteiger partial charge in [0.05, 0.1) is 33.2 Å². The fraction of sp³-hybridized carbons (Fsp3) is 0.444. The second-order valence-electron chi connectivity index (χ2n) is 7.34. The van der Waals surface area contributed by atoms with Gasteiger partial charge in [0.2, 0.25) is 15.9 Å². The summed E-state index contributed by atoms with van der Waals surface area (Å²) in [6.45, 7) is 2.51. The molecule has 172 valence electrons. The second-order valence-corrected chi connectivity index (χ2v) is 9.28. The van der Waals surface area contributed by atoms with Crippen LogP contribution in [0.5, 0.6) is 0 Å². The van der Waals surface area contributed by atoms with Gasteiger partial charge in [-0.2, -0.15) is 8.99 Å². The highest BCUT2D eigenvalue weighted by molar-refractivity contribution is 7.89. The maximum atomic E-state index is 12.8. The van der Waals surface area contributed by atoms with Crippen molar-refractivity contribution < 1.29 is 23.1 Å². The van der Waals surface area contributed by atoms with Crippen molar-refractivity contribution in [1.82, 2.24) is 19.4 Å². The van der Waals surface area contributed by atoms with Crippen molar-refractivity contribution in [2.75, 3.05) is 19.6 Å². The van der Waals surface area contributed by atoms with Crippen molar-refractivity contribution in [2.45, 2.75) is 31.2 Å². The Morgan fingerprint density at radius 1 is 1.16 bits per heavy atom. The molecular formula is C18H22N6O7S. The predicted molar refractivity (Wildman–Crippen MR) is 111 cm³/mol. The van der Waals surface area contributed by atoms with E-state index in [1.807, 2.05) is 0 Å². The lowest BCUT2D eigenvalue weighted by Gasteiger charge is -2.30. The number of aromatic nitrogens is 2. The van der Waals surface area contributed by atoms with Crippen molar-refractivity contribution in [3.8, 4) is 0 Å². The molecule has 1 aromatic carbocycles. The molecule has 14 heteroatoms. The Morgan fingerprint density at radius 2 is 1.78 bits per heavy atom. The molecule has 32 heavy (non-hydrogen) atoms. The smallest absolute Gasteiger partial charge is 0.358 e. The molecule has 0 radical (unpaired) electrons. The third-order valence-corrected chi connectivity index (χ3v) is 7.20. The quantitative estimate of drug-likeness (QED) is 0.447. The van der Waals surface area contributed by atoms with Gasteiger partial charge in [-0.15, -0.1) is 0 Å². The summed E-state index contributed by atoms with van der Waals surface area (Å²) in [6, 6.07) is 6.04. The number of rotatable bonds is 8. The van der Waals surface area contributed by atoms with Gasteiger partial charge in [0, 0.05) is 37.7 Å². The lowest BCUT2D eigenvalue weighted by molar-refractivity contribution is -0.389. The van der Waals surface area contributed by atoms with E-state index in [-0.39, 0.29) is 54.4 Å². The Bertz CT molecular complexity index is 1120. The SMILES string of the molecule is Cc1cc([N+](=O)[O-])nn1CCNC(=O)C1CCN(S(=O)(=O)c2ccc([N+](=O)[O-])cc2)CC1. The van der Waals surface area contributed by atoms with Gasteiger partial charge < -0.3 is 15.4 Å². The van der Waals surface area contributed by atoms with Gasteiger partial charge in [0.25, 0.3) is 5.69 Å². The number of piperidine rings is 1. The molecule has 1 fully saturated rings. The monoisotopic (exact) mass is 466 g/mol. The third-order valence-electron chi connectivity index (χ3n) is 5.29. The lowest BCUT2D eigenvalue weighted by Crippen LogP contribution is -2.43. The Hall–Kier alpha value is -3.39. The van der Waals surface area contributed by atoms with Crippen molar-refractivity contribution in [2.24, 2.45) is 5.92 Å². The number of sulfonamides is 1. The average Bonchev–Trinajstić information content (AvgIpc) is 3.14. The zero-order chi connectivity index (χ0) is 23.5. The van der Waals surface area contributed by atoms with Crippen LogP contribution in [-0.4, -0.2) is 57.9 Å². The summed E-state index contributed by atoms with van der Waals surface area (Å²) < 4.78 is 28.2. The first kappa shape index (κ1) is 23.3. The van der Waals surface area contributed by atoms with E-state index in [0.29, 0.717) is 18.5 Å². The number of nitro groups is 2. The molecule has 1 amide bonds. The highest BCUT2D eigenvalue weighted by atomic mass is 32.2. The molecule has 13 nitrogen and oxygen atoms in total. The van der Waals surface area contributed by atoms with Gasteiger partial charge >= 0.3 is 5.82 Å². The minimum absolute atomic E-state index is 0.0327. The molecule has 0 saturated carbocycles. The molecule has 1 aliphatic heterocycles. The summed E-state index contributed by atoms with van der Waals surface area (Å²) in [4.78, 5) is 32.7. The molecular weight excluding hydrogens is 444 g/mol. The minimum atomic E-state index is -3.80. The normalized spacial score (nSPS) is 15.4. The zero-order valence-corrected chi connectivity index (χ0v) is 18.0. The van der Waals surface area contributed by atoms with Crippen LogP contribution in [0, 0.1) is 33.1 Å². The lowest BCUT2D eigenvalue weighted by atomic mass is 9.97. The second kappa shape index (κ2) is 9.40. The van der Waals surface area contributed by atoms with Crippen LogP contribution in [0.2, 0.25) is 0 Å². The number of aryl methyl sites for hydroxylation is 1. The molecule has 1 N–H and O–H groups in total. The van der Waals surface area contributed by atoms with Crippen molar-refractivity contribution in [3.63, 3.8) is 0 Å². The minimum Gasteiger partial charge on any atom is -0.358 e. The van der Waals surface area contributed by atoms with Crippen LogP contribution in [0.1, 0.15) is 18.5 Å². The van der Waals surface area contributed by atoms with Gasteiger partial charge in [-0.05, 0) is 36.8 Å². The topological polar surface area (TPSA) is 171 Å². The summed E-state index contributed by atoms with van der Waals surface area (Å²) in [6.07, 6.45) is 0.675. The fourth-order valence-electron chi connectivity index (χ4n) is 3.48. The third kappa shape index (κ3) is 5.08. The van der Waals surface area contributed by atoms with Crippen LogP contribution >= 0.6 is 0 Å². The van der Waals surface area contributed by atoms with Gasteiger partial charge in [0.1, 0.15) is 0 Å². The maximum absolute atomic E-state index is 12.8. The summed E-state index contributed by atoms with van der Waals surface area (Å²) in [5, 5.41) is 28.1. The van der Waals surface area contributed by atoms with Gasteiger partial charge in [-0.1, -0.05) is 0 Å². The molecule has 1 saturated heterocycles. The highest BCUT2D eigenvalue weighted by Gasteiger charge is 2.32. The van der Waals surface area contributed by atoms with Gasteiger partial charge in [-0.3, -0.25) is 14.9 Å². The highest BCUT2D eigenvalue weighted by Crippen LogP contribution is 2.25. The number of nitrogens with one attached hydrogen (secondary N) is 1. The summed E-state index contributed by atoms with van der Waals surface area (Å²) >= 11 is 0. The van der Waals surface area contributed by atoms with Crippen molar-refractivity contribution in [3.05, 3.63) is 56.3 Å². The number of benzene rings is 1. The molecule has 1 aliphatic rings. The standard InChI is InChI=1S/C18H22N6O7S/c1-13-12-17(24(28)29)20-22(13)11-8-19-18(25)14-6-9-21(10-7-14)32(30,31)16-4-2-15(3-5-16)23(26)27/h2-5,12,14H,6-11H2,1H3,(H,19,25). The average molecular weight is 466 g/mol. The van der Waals surface area contributed by atoms with Crippen LogP contribution in [0.25, 0.3) is 0 Å². The van der Waals surface area contributed by atoms with Crippen molar-refractivity contribution in [1.29, 1.82) is 0 Å². The van der Waals surface area contributed by atoms with E-state index in [2.05, 4.69) is 10.4 Å². The van der Waals surface area contributed by atoms with E-state index in [0.717, 1.165) is 12.1 Å². The number of hydrogen-bond acceptors (Lipinski definition) is 8. The zero-order valence-electron chi connectivity index (χ0n) is 17.2. The fourth-order valence-corrected chi connectivity index (χ4v) is 4.95.